The molecule has 0 unspecified atom stereocenters. The minimum atomic E-state index is -0.946. The molecule has 0 heterocycles. The summed E-state index contributed by atoms with van der Waals surface area (Å²) in [6, 6.07) is 0. The fourth-order valence-corrected chi connectivity index (χ4v) is 0.309. The highest BCUT2D eigenvalue weighted by Crippen LogP contribution is 1.86. The van der Waals surface area contributed by atoms with Crippen LogP contribution in [0.5, 0.6) is 0 Å². The molecule has 0 aliphatic heterocycles. The van der Waals surface area contributed by atoms with Crippen LogP contribution in [0.4, 0.5) is 4.79 Å². The highest BCUT2D eigenvalue weighted by atomic mass is 16.8. The van der Waals surface area contributed by atoms with Gasteiger partial charge in [0.05, 0.1) is 0 Å². The van der Waals surface area contributed by atoms with Crippen molar-refractivity contribution in [2.75, 3.05) is 20.7 Å². The Hall–Kier alpha value is -1.30. The lowest BCUT2D eigenvalue weighted by Crippen LogP contribution is -2.13. The number of hydrogen-bond donors (Lipinski definition) is 0. The molecule has 0 aromatic rings. The molecule has 6 nitrogen and oxygen atoms in total. The smallest absolute Gasteiger partial charge is 0.428 e. The normalized spacial score (nSPS) is 8.83. The fraction of sp³-hybridized carbons (Fsp3) is 0.667. The Morgan fingerprint density at radius 2 is 1.67 bits per heavy atom. The van der Waals surface area contributed by atoms with E-state index in [9.17, 15) is 9.59 Å². The highest BCUT2D eigenvalue weighted by molar-refractivity contribution is 5.66. The molecule has 0 radical (unpaired) electrons. The second-order valence-corrected chi connectivity index (χ2v) is 1.70. The lowest BCUT2D eigenvalue weighted by molar-refractivity contribution is -0.151. The molecule has 70 valence electrons. The fourth-order valence-electron chi connectivity index (χ4n) is 0.309. The summed E-state index contributed by atoms with van der Waals surface area (Å²) in [6.07, 6.45) is -0.946. The molecule has 12 heavy (non-hydrogen) atoms. The number of rotatable bonds is 4. The van der Waals surface area contributed by atoms with E-state index in [-0.39, 0.29) is 6.79 Å². The second-order valence-electron chi connectivity index (χ2n) is 1.70. The third-order valence-electron chi connectivity index (χ3n) is 0.734. The lowest BCUT2D eigenvalue weighted by atomic mass is 10.8. The second kappa shape index (κ2) is 6.41. The number of esters is 1. The summed E-state index contributed by atoms with van der Waals surface area (Å²) in [4.78, 5) is 20.6. The van der Waals surface area contributed by atoms with Gasteiger partial charge in [-0.1, -0.05) is 0 Å². The third kappa shape index (κ3) is 6.81. The van der Waals surface area contributed by atoms with Crippen LogP contribution in [-0.2, 0) is 23.7 Å². The minimum absolute atomic E-state index is 0.196. The molecule has 0 spiro atoms. The van der Waals surface area contributed by atoms with Crippen molar-refractivity contribution < 1.29 is 28.5 Å². The van der Waals surface area contributed by atoms with Gasteiger partial charge in [-0.25, -0.2) is 4.79 Å². The maximum absolute atomic E-state index is 10.5. The molecule has 0 aliphatic carbocycles. The van der Waals surface area contributed by atoms with Gasteiger partial charge in [0.25, 0.3) is 0 Å². The van der Waals surface area contributed by atoms with Gasteiger partial charge in [-0.15, -0.1) is 0 Å². The molecule has 0 aromatic carbocycles. The predicted octanol–water partition coefficient (Wildman–Crippen LogP) is 0.264. The predicted molar refractivity (Wildman–Crippen MR) is 36.1 cm³/mol. The van der Waals surface area contributed by atoms with Crippen molar-refractivity contribution in [3.05, 3.63) is 0 Å². The summed E-state index contributed by atoms with van der Waals surface area (Å²) in [5.74, 6) is -0.533. The molecule has 0 amide bonds. The summed E-state index contributed by atoms with van der Waals surface area (Å²) in [5, 5.41) is 0. The van der Waals surface area contributed by atoms with Crippen molar-refractivity contribution in [2.45, 2.75) is 6.92 Å². The van der Waals surface area contributed by atoms with Gasteiger partial charge < -0.3 is 18.9 Å². The van der Waals surface area contributed by atoms with Crippen LogP contribution in [0.15, 0.2) is 0 Å². The van der Waals surface area contributed by atoms with Crippen LogP contribution >= 0.6 is 0 Å². The van der Waals surface area contributed by atoms with Crippen LogP contribution in [-0.4, -0.2) is 32.8 Å². The standard InChI is InChI=1S/C6H10O6/c1-5(7)10-4-12-6(8)11-3-9-2/h3-4H2,1-2H3. The van der Waals surface area contributed by atoms with E-state index in [1.165, 1.54) is 14.0 Å². The Labute approximate surface area is 69.3 Å². The molecular weight excluding hydrogens is 168 g/mol. The van der Waals surface area contributed by atoms with E-state index < -0.39 is 18.9 Å². The van der Waals surface area contributed by atoms with Crippen molar-refractivity contribution >= 4 is 12.1 Å². The largest absolute Gasteiger partial charge is 0.513 e. The first-order valence-electron chi connectivity index (χ1n) is 3.08. The van der Waals surface area contributed by atoms with Crippen molar-refractivity contribution in [1.29, 1.82) is 0 Å². The van der Waals surface area contributed by atoms with E-state index in [4.69, 9.17) is 0 Å². The van der Waals surface area contributed by atoms with Crippen molar-refractivity contribution in [2.24, 2.45) is 0 Å². The van der Waals surface area contributed by atoms with Crippen LogP contribution in [0, 0.1) is 0 Å². The molecule has 0 aromatic heterocycles. The van der Waals surface area contributed by atoms with Crippen LogP contribution < -0.4 is 0 Å². The molecular formula is C6H10O6. The average Bonchev–Trinajstić information content (AvgIpc) is 2.00. The molecule has 0 saturated heterocycles. The third-order valence-corrected chi connectivity index (χ3v) is 0.734. The van der Waals surface area contributed by atoms with Crippen LogP contribution in [0.2, 0.25) is 0 Å². The van der Waals surface area contributed by atoms with Gasteiger partial charge in [0, 0.05) is 14.0 Å². The van der Waals surface area contributed by atoms with Gasteiger partial charge in [0.2, 0.25) is 6.79 Å². The first kappa shape index (κ1) is 10.7. The number of ether oxygens (including phenoxy) is 4. The Kier molecular flexibility index (Phi) is 5.72. The zero-order valence-electron chi connectivity index (χ0n) is 6.86. The summed E-state index contributed by atoms with van der Waals surface area (Å²) >= 11 is 0. The zero-order chi connectivity index (χ0) is 9.40. The van der Waals surface area contributed by atoms with Crippen molar-refractivity contribution in [3.63, 3.8) is 0 Å². The van der Waals surface area contributed by atoms with E-state index in [2.05, 4.69) is 18.9 Å². The average molecular weight is 178 g/mol. The molecule has 0 saturated carbocycles. The molecule has 0 N–H and O–H groups in total. The summed E-state index contributed by atoms with van der Waals surface area (Å²) in [6.45, 7) is 0.556. The van der Waals surface area contributed by atoms with Gasteiger partial charge in [0.1, 0.15) is 0 Å². The number of carbonyl (C=O) groups excluding carboxylic acids is 2. The number of methoxy groups -OCH3 is 1. The van der Waals surface area contributed by atoms with Crippen LogP contribution in [0.3, 0.4) is 0 Å². The lowest BCUT2D eigenvalue weighted by Gasteiger charge is -2.04. The Morgan fingerprint density at radius 3 is 2.17 bits per heavy atom. The molecule has 0 aliphatic rings. The molecule has 0 bridgehead atoms. The highest BCUT2D eigenvalue weighted by Gasteiger charge is 2.02. The minimum Gasteiger partial charge on any atom is -0.428 e. The zero-order valence-corrected chi connectivity index (χ0v) is 6.86. The quantitative estimate of drug-likeness (QED) is 0.454. The molecule has 6 heteroatoms. The van der Waals surface area contributed by atoms with E-state index in [0.29, 0.717) is 0 Å². The first-order valence-corrected chi connectivity index (χ1v) is 3.08. The van der Waals surface area contributed by atoms with Gasteiger partial charge in [-0.05, 0) is 0 Å². The summed E-state index contributed by atoms with van der Waals surface area (Å²) < 4.78 is 17.3. The molecule has 0 rings (SSSR count). The van der Waals surface area contributed by atoms with Crippen LogP contribution in [0.1, 0.15) is 6.92 Å². The van der Waals surface area contributed by atoms with Crippen molar-refractivity contribution in [1.82, 2.24) is 0 Å². The Bertz CT molecular complexity index is 154. The van der Waals surface area contributed by atoms with Gasteiger partial charge >= 0.3 is 12.1 Å². The monoisotopic (exact) mass is 178 g/mol. The molecule has 0 atom stereocenters. The van der Waals surface area contributed by atoms with Crippen molar-refractivity contribution in [3.8, 4) is 0 Å². The van der Waals surface area contributed by atoms with Gasteiger partial charge in [0.15, 0.2) is 6.79 Å². The Balaban J connectivity index is 3.25. The number of carbonyl (C=O) groups is 2. The van der Waals surface area contributed by atoms with E-state index in [1.54, 1.807) is 0 Å². The topological polar surface area (TPSA) is 71.1 Å². The Morgan fingerprint density at radius 1 is 1.08 bits per heavy atom. The van der Waals surface area contributed by atoms with Crippen LogP contribution in [0.25, 0.3) is 0 Å². The summed E-state index contributed by atoms with van der Waals surface area (Å²) in [7, 11) is 1.36. The molecule has 0 fully saturated rings. The maximum atomic E-state index is 10.5. The SMILES string of the molecule is COCOC(=O)OCOC(C)=O. The van der Waals surface area contributed by atoms with E-state index in [0.717, 1.165) is 0 Å². The van der Waals surface area contributed by atoms with Gasteiger partial charge in [-0.3, -0.25) is 4.79 Å². The number of hydrogen-bond acceptors (Lipinski definition) is 6. The first-order chi connectivity index (χ1) is 5.66. The van der Waals surface area contributed by atoms with E-state index in [1.807, 2.05) is 0 Å². The van der Waals surface area contributed by atoms with E-state index >= 15 is 0 Å². The summed E-state index contributed by atoms with van der Waals surface area (Å²) in [5.41, 5.74) is 0. The maximum Gasteiger partial charge on any atom is 0.513 e. The van der Waals surface area contributed by atoms with Gasteiger partial charge in [-0.2, -0.15) is 0 Å².